The van der Waals surface area contributed by atoms with E-state index in [0.29, 0.717) is 6.61 Å². The van der Waals surface area contributed by atoms with Crippen LogP contribution in [0.2, 0.25) is 0 Å². The maximum Gasteiger partial charge on any atom is 0.196 e. The van der Waals surface area contributed by atoms with Crippen molar-refractivity contribution in [1.29, 1.82) is 0 Å². The third-order valence-corrected chi connectivity index (χ3v) is 5.77. The molecule has 0 bridgehead atoms. The summed E-state index contributed by atoms with van der Waals surface area (Å²) in [7, 11) is 1.66. The number of rotatable bonds is 8. The van der Waals surface area contributed by atoms with Crippen molar-refractivity contribution >= 4 is 11.8 Å². The molecule has 4 aromatic rings. The SMILES string of the molecule is COc1ccc(-n2c(SCCOc3c(C)cccc3C)nnc2-c2ccncc2)cc1. The number of nitrogens with zero attached hydrogens (tertiary/aromatic N) is 4. The molecule has 158 valence electrons. The zero-order chi connectivity index (χ0) is 21.6. The van der Waals surface area contributed by atoms with E-state index in [1.54, 1.807) is 31.3 Å². The minimum Gasteiger partial charge on any atom is -0.497 e. The molecule has 2 heterocycles. The zero-order valence-corrected chi connectivity index (χ0v) is 18.6. The largest absolute Gasteiger partial charge is 0.497 e. The van der Waals surface area contributed by atoms with E-state index < -0.39 is 0 Å². The van der Waals surface area contributed by atoms with Crippen LogP contribution in [-0.4, -0.2) is 39.2 Å². The molecule has 0 N–H and O–H groups in total. The predicted octanol–water partition coefficient (Wildman–Crippen LogP) is 5.13. The summed E-state index contributed by atoms with van der Waals surface area (Å²) in [6.45, 7) is 4.71. The number of pyridine rings is 1. The molecule has 2 aromatic heterocycles. The Morgan fingerprint density at radius 3 is 2.29 bits per heavy atom. The van der Waals surface area contributed by atoms with E-state index in [4.69, 9.17) is 9.47 Å². The van der Waals surface area contributed by atoms with Crippen LogP contribution in [0.5, 0.6) is 11.5 Å². The molecule has 0 aliphatic rings. The molecule has 0 atom stereocenters. The number of methoxy groups -OCH3 is 1. The molecule has 6 nitrogen and oxygen atoms in total. The van der Waals surface area contributed by atoms with Gasteiger partial charge in [0.15, 0.2) is 11.0 Å². The highest BCUT2D eigenvalue weighted by atomic mass is 32.2. The third-order valence-electron chi connectivity index (χ3n) is 4.87. The lowest BCUT2D eigenvalue weighted by Gasteiger charge is -2.13. The van der Waals surface area contributed by atoms with Crippen molar-refractivity contribution in [3.63, 3.8) is 0 Å². The van der Waals surface area contributed by atoms with Crippen molar-refractivity contribution in [3.05, 3.63) is 78.1 Å². The molecule has 0 fully saturated rings. The number of benzene rings is 2. The van der Waals surface area contributed by atoms with Crippen molar-refractivity contribution in [3.8, 4) is 28.6 Å². The van der Waals surface area contributed by atoms with E-state index >= 15 is 0 Å². The summed E-state index contributed by atoms with van der Waals surface area (Å²) in [6.07, 6.45) is 3.51. The zero-order valence-electron chi connectivity index (χ0n) is 17.8. The number of thioether (sulfide) groups is 1. The maximum absolute atomic E-state index is 6.05. The Morgan fingerprint density at radius 1 is 0.903 bits per heavy atom. The second-order valence-electron chi connectivity index (χ2n) is 6.99. The Labute approximate surface area is 186 Å². The number of aryl methyl sites for hydroxylation is 2. The molecule has 7 heteroatoms. The standard InChI is InChI=1S/C24H24N4O2S/c1-17-5-4-6-18(2)22(17)30-15-16-31-24-27-26-23(19-11-13-25-14-12-19)28(24)20-7-9-21(29-3)10-8-20/h4-14H,15-16H2,1-3H3. The lowest BCUT2D eigenvalue weighted by molar-refractivity contribution is 0.339. The number of ether oxygens (including phenoxy) is 2. The van der Waals surface area contributed by atoms with Gasteiger partial charge in [-0.05, 0) is 61.4 Å². The molecular weight excluding hydrogens is 408 g/mol. The van der Waals surface area contributed by atoms with Gasteiger partial charge in [-0.3, -0.25) is 9.55 Å². The normalized spacial score (nSPS) is 10.8. The molecule has 0 unspecified atom stereocenters. The first kappa shape index (κ1) is 20.9. The van der Waals surface area contributed by atoms with E-state index in [1.165, 1.54) is 0 Å². The van der Waals surface area contributed by atoms with Crippen molar-refractivity contribution < 1.29 is 9.47 Å². The van der Waals surface area contributed by atoms with Crippen LogP contribution in [0.25, 0.3) is 17.1 Å². The Bertz CT molecular complexity index is 1120. The van der Waals surface area contributed by atoms with Crippen LogP contribution in [0.1, 0.15) is 11.1 Å². The van der Waals surface area contributed by atoms with E-state index in [1.807, 2.05) is 42.5 Å². The van der Waals surface area contributed by atoms with Crippen LogP contribution in [0, 0.1) is 13.8 Å². The highest BCUT2D eigenvalue weighted by Crippen LogP contribution is 2.29. The van der Waals surface area contributed by atoms with Gasteiger partial charge in [-0.15, -0.1) is 10.2 Å². The van der Waals surface area contributed by atoms with E-state index in [2.05, 4.69) is 45.7 Å². The second-order valence-corrected chi connectivity index (χ2v) is 8.06. The van der Waals surface area contributed by atoms with Gasteiger partial charge in [0.25, 0.3) is 0 Å². The molecule has 0 saturated carbocycles. The number of aromatic nitrogens is 4. The number of hydrogen-bond donors (Lipinski definition) is 0. The van der Waals surface area contributed by atoms with Crippen LogP contribution in [0.15, 0.2) is 72.1 Å². The average molecular weight is 433 g/mol. The smallest absolute Gasteiger partial charge is 0.196 e. The Hall–Kier alpha value is -3.32. The van der Waals surface area contributed by atoms with Gasteiger partial charge in [0.1, 0.15) is 11.5 Å². The van der Waals surface area contributed by atoms with Gasteiger partial charge in [0.2, 0.25) is 0 Å². The van der Waals surface area contributed by atoms with Crippen LogP contribution in [0.4, 0.5) is 0 Å². The van der Waals surface area contributed by atoms with E-state index in [-0.39, 0.29) is 0 Å². The first-order chi connectivity index (χ1) is 15.2. The summed E-state index contributed by atoms with van der Waals surface area (Å²) >= 11 is 1.62. The van der Waals surface area contributed by atoms with Gasteiger partial charge in [-0.2, -0.15) is 0 Å². The number of hydrogen-bond acceptors (Lipinski definition) is 6. The van der Waals surface area contributed by atoms with Gasteiger partial charge in [-0.25, -0.2) is 0 Å². The Kier molecular flexibility index (Phi) is 6.52. The summed E-state index contributed by atoms with van der Waals surface area (Å²) in [5, 5.41) is 9.73. The summed E-state index contributed by atoms with van der Waals surface area (Å²) in [6, 6.07) is 17.9. The second kappa shape index (κ2) is 9.66. The van der Waals surface area contributed by atoms with Crippen LogP contribution < -0.4 is 9.47 Å². The molecule has 0 spiro atoms. The van der Waals surface area contributed by atoms with Crippen LogP contribution in [0.3, 0.4) is 0 Å². The summed E-state index contributed by atoms with van der Waals surface area (Å²) < 4.78 is 13.4. The molecule has 0 aliphatic carbocycles. The molecule has 4 rings (SSSR count). The van der Waals surface area contributed by atoms with Crippen LogP contribution >= 0.6 is 11.8 Å². The predicted molar refractivity (Wildman–Crippen MR) is 123 cm³/mol. The molecule has 0 radical (unpaired) electrons. The monoisotopic (exact) mass is 432 g/mol. The molecular formula is C24H24N4O2S. The van der Waals surface area contributed by atoms with Crippen molar-refractivity contribution in [2.75, 3.05) is 19.5 Å². The van der Waals surface area contributed by atoms with Crippen LogP contribution in [-0.2, 0) is 0 Å². The first-order valence-electron chi connectivity index (χ1n) is 9.99. The highest BCUT2D eigenvalue weighted by molar-refractivity contribution is 7.99. The lowest BCUT2D eigenvalue weighted by atomic mass is 10.1. The summed E-state index contributed by atoms with van der Waals surface area (Å²) in [5.41, 5.74) is 4.21. The van der Waals surface area contributed by atoms with Crippen molar-refractivity contribution in [2.24, 2.45) is 0 Å². The molecule has 0 aliphatic heterocycles. The van der Waals surface area contributed by atoms with Gasteiger partial charge < -0.3 is 9.47 Å². The fourth-order valence-electron chi connectivity index (χ4n) is 3.32. The number of para-hydroxylation sites is 1. The fourth-order valence-corrected chi connectivity index (χ4v) is 4.09. The Morgan fingerprint density at radius 2 is 1.61 bits per heavy atom. The van der Waals surface area contributed by atoms with Gasteiger partial charge >= 0.3 is 0 Å². The van der Waals surface area contributed by atoms with E-state index in [0.717, 1.165) is 50.6 Å². The van der Waals surface area contributed by atoms with Gasteiger partial charge in [-0.1, -0.05) is 30.0 Å². The minimum atomic E-state index is 0.580. The molecule has 0 saturated heterocycles. The van der Waals surface area contributed by atoms with Gasteiger partial charge in [0.05, 0.1) is 13.7 Å². The van der Waals surface area contributed by atoms with E-state index in [9.17, 15) is 0 Å². The van der Waals surface area contributed by atoms with Crippen molar-refractivity contribution in [1.82, 2.24) is 19.7 Å². The molecule has 2 aromatic carbocycles. The molecule has 0 amide bonds. The quantitative estimate of drug-likeness (QED) is 0.284. The first-order valence-corrected chi connectivity index (χ1v) is 11.0. The maximum atomic E-state index is 6.05. The average Bonchev–Trinajstić information content (AvgIpc) is 3.23. The summed E-state index contributed by atoms with van der Waals surface area (Å²) in [4.78, 5) is 4.11. The van der Waals surface area contributed by atoms with Crippen molar-refractivity contribution in [2.45, 2.75) is 19.0 Å². The topological polar surface area (TPSA) is 62.1 Å². The fraction of sp³-hybridized carbons (Fsp3) is 0.208. The lowest BCUT2D eigenvalue weighted by Crippen LogP contribution is -2.05. The van der Waals surface area contributed by atoms with Gasteiger partial charge in [0, 0.05) is 29.4 Å². The summed E-state index contributed by atoms with van der Waals surface area (Å²) in [5.74, 6) is 3.28. The third kappa shape index (κ3) is 4.72. The molecule has 31 heavy (non-hydrogen) atoms. The minimum absolute atomic E-state index is 0.580. The highest BCUT2D eigenvalue weighted by Gasteiger charge is 2.16. The Balaban J connectivity index is 1.56.